The van der Waals surface area contributed by atoms with Crippen LogP contribution in [-0.2, 0) is 11.2 Å². The number of benzene rings is 1. The number of methoxy groups -OCH3 is 1. The predicted molar refractivity (Wildman–Crippen MR) is 74.7 cm³/mol. The maximum absolute atomic E-state index is 11.9. The summed E-state index contributed by atoms with van der Waals surface area (Å²) in [6.07, 6.45) is 4.27. The molecule has 0 amide bonds. The number of esters is 1. The quantitative estimate of drug-likeness (QED) is 0.618. The van der Waals surface area contributed by atoms with E-state index in [1.807, 2.05) is 12.1 Å². The van der Waals surface area contributed by atoms with E-state index in [2.05, 4.69) is 9.72 Å². The third-order valence-corrected chi connectivity index (χ3v) is 3.00. The van der Waals surface area contributed by atoms with E-state index >= 15 is 0 Å². The summed E-state index contributed by atoms with van der Waals surface area (Å²) in [5.74, 6) is -0.293. The van der Waals surface area contributed by atoms with E-state index in [0.717, 1.165) is 5.56 Å². The van der Waals surface area contributed by atoms with Gasteiger partial charge >= 0.3 is 5.97 Å². The van der Waals surface area contributed by atoms with Crippen molar-refractivity contribution in [2.45, 2.75) is 12.8 Å². The standard InChI is InChI=1S/C16H15NO3/c1-20-16(19)13-7-4-12(5-8-13)6-9-15(18)14-3-2-10-17-11-14/h2-5,7-8,10-11H,6,9H2,1H3. The van der Waals surface area contributed by atoms with Crippen molar-refractivity contribution in [2.24, 2.45) is 0 Å². The molecule has 20 heavy (non-hydrogen) atoms. The molecule has 0 spiro atoms. The van der Waals surface area contributed by atoms with Crippen molar-refractivity contribution in [3.05, 3.63) is 65.5 Å². The highest BCUT2D eigenvalue weighted by atomic mass is 16.5. The molecule has 102 valence electrons. The minimum Gasteiger partial charge on any atom is -0.465 e. The molecule has 0 N–H and O–H groups in total. The van der Waals surface area contributed by atoms with E-state index in [9.17, 15) is 9.59 Å². The molecule has 1 aromatic heterocycles. The predicted octanol–water partition coefficient (Wildman–Crippen LogP) is 2.68. The molecule has 0 saturated heterocycles. The summed E-state index contributed by atoms with van der Waals surface area (Å²) in [5.41, 5.74) is 2.14. The summed E-state index contributed by atoms with van der Waals surface area (Å²) in [4.78, 5) is 27.1. The number of hydrogen-bond donors (Lipinski definition) is 0. The Kier molecular flexibility index (Phi) is 4.60. The SMILES string of the molecule is COC(=O)c1ccc(CCC(=O)c2cccnc2)cc1. The largest absolute Gasteiger partial charge is 0.465 e. The lowest BCUT2D eigenvalue weighted by molar-refractivity contribution is 0.0600. The number of aromatic nitrogens is 1. The molecule has 0 unspecified atom stereocenters. The van der Waals surface area contributed by atoms with Crippen molar-refractivity contribution in [1.29, 1.82) is 0 Å². The maximum atomic E-state index is 11.9. The fraction of sp³-hybridized carbons (Fsp3) is 0.188. The van der Waals surface area contributed by atoms with Crippen LogP contribution in [0.1, 0.15) is 32.7 Å². The van der Waals surface area contributed by atoms with Crippen LogP contribution in [0.15, 0.2) is 48.8 Å². The Morgan fingerprint density at radius 1 is 1.10 bits per heavy atom. The number of carbonyl (C=O) groups is 2. The Bertz CT molecular complexity index is 591. The Labute approximate surface area is 117 Å². The van der Waals surface area contributed by atoms with Crippen molar-refractivity contribution in [3.8, 4) is 0 Å². The van der Waals surface area contributed by atoms with Gasteiger partial charge in [0.1, 0.15) is 0 Å². The van der Waals surface area contributed by atoms with Gasteiger partial charge in [-0.3, -0.25) is 9.78 Å². The molecular weight excluding hydrogens is 254 g/mol. The molecular formula is C16H15NO3. The van der Waals surface area contributed by atoms with Crippen LogP contribution in [0.4, 0.5) is 0 Å². The van der Waals surface area contributed by atoms with Crippen molar-refractivity contribution in [2.75, 3.05) is 7.11 Å². The molecule has 0 aliphatic carbocycles. The van der Waals surface area contributed by atoms with E-state index in [4.69, 9.17) is 0 Å². The molecule has 4 nitrogen and oxygen atoms in total. The normalized spacial score (nSPS) is 10.1. The van der Waals surface area contributed by atoms with Crippen LogP contribution >= 0.6 is 0 Å². The van der Waals surface area contributed by atoms with Gasteiger partial charge in [-0.2, -0.15) is 0 Å². The van der Waals surface area contributed by atoms with Crippen LogP contribution < -0.4 is 0 Å². The van der Waals surface area contributed by atoms with Crippen LogP contribution in [-0.4, -0.2) is 23.8 Å². The highest BCUT2D eigenvalue weighted by Crippen LogP contribution is 2.10. The summed E-state index contributed by atoms with van der Waals surface area (Å²) < 4.78 is 4.63. The van der Waals surface area contributed by atoms with Gasteiger partial charge in [-0.25, -0.2) is 4.79 Å². The van der Waals surface area contributed by atoms with Crippen LogP contribution in [0.25, 0.3) is 0 Å². The second-order valence-electron chi connectivity index (χ2n) is 4.35. The smallest absolute Gasteiger partial charge is 0.337 e. The molecule has 4 heteroatoms. The van der Waals surface area contributed by atoms with Gasteiger partial charge in [0.25, 0.3) is 0 Å². The summed E-state index contributed by atoms with van der Waals surface area (Å²) in [5, 5.41) is 0. The minimum atomic E-state index is -0.358. The molecule has 1 aromatic carbocycles. The number of rotatable bonds is 5. The van der Waals surface area contributed by atoms with Gasteiger partial charge in [0.15, 0.2) is 5.78 Å². The summed E-state index contributed by atoms with van der Waals surface area (Å²) in [6.45, 7) is 0. The number of Topliss-reactive ketones (excluding diaryl/α,β-unsaturated/α-hetero) is 1. The lowest BCUT2D eigenvalue weighted by Gasteiger charge is -2.03. The van der Waals surface area contributed by atoms with Crippen LogP contribution in [0.3, 0.4) is 0 Å². The fourth-order valence-electron chi connectivity index (χ4n) is 1.86. The van der Waals surface area contributed by atoms with Gasteiger partial charge in [0.05, 0.1) is 12.7 Å². The lowest BCUT2D eigenvalue weighted by Crippen LogP contribution is -2.03. The number of ether oxygens (including phenoxy) is 1. The molecule has 2 aromatic rings. The average Bonchev–Trinajstić information content (AvgIpc) is 2.53. The zero-order valence-electron chi connectivity index (χ0n) is 11.2. The van der Waals surface area contributed by atoms with Crippen LogP contribution in [0, 0.1) is 0 Å². The summed E-state index contributed by atoms with van der Waals surface area (Å²) >= 11 is 0. The van der Waals surface area contributed by atoms with Crippen molar-refractivity contribution < 1.29 is 14.3 Å². The summed E-state index contributed by atoms with van der Waals surface area (Å²) in [6, 6.07) is 10.6. The molecule has 0 aliphatic rings. The zero-order valence-corrected chi connectivity index (χ0v) is 11.2. The molecule has 0 saturated carbocycles. The Morgan fingerprint density at radius 2 is 1.85 bits per heavy atom. The van der Waals surface area contributed by atoms with Gasteiger partial charge in [0.2, 0.25) is 0 Å². The van der Waals surface area contributed by atoms with E-state index in [-0.39, 0.29) is 11.8 Å². The third kappa shape index (κ3) is 3.51. The second-order valence-corrected chi connectivity index (χ2v) is 4.35. The molecule has 0 bridgehead atoms. The van der Waals surface area contributed by atoms with Crippen LogP contribution in [0.5, 0.6) is 0 Å². The van der Waals surface area contributed by atoms with Crippen molar-refractivity contribution in [3.63, 3.8) is 0 Å². The topological polar surface area (TPSA) is 56.3 Å². The maximum Gasteiger partial charge on any atom is 0.337 e. The van der Waals surface area contributed by atoms with Gasteiger partial charge in [-0.1, -0.05) is 12.1 Å². The number of aryl methyl sites for hydroxylation is 1. The van der Waals surface area contributed by atoms with Crippen molar-refractivity contribution >= 4 is 11.8 Å². The molecule has 0 atom stereocenters. The lowest BCUT2D eigenvalue weighted by atomic mass is 10.0. The minimum absolute atomic E-state index is 0.0649. The monoisotopic (exact) mass is 269 g/mol. The Balaban J connectivity index is 1.94. The number of nitrogens with zero attached hydrogens (tertiary/aromatic N) is 1. The highest BCUT2D eigenvalue weighted by Gasteiger charge is 2.07. The van der Waals surface area contributed by atoms with Gasteiger partial charge in [-0.15, -0.1) is 0 Å². The number of hydrogen-bond acceptors (Lipinski definition) is 4. The number of carbonyl (C=O) groups excluding carboxylic acids is 2. The average molecular weight is 269 g/mol. The fourth-order valence-corrected chi connectivity index (χ4v) is 1.86. The highest BCUT2D eigenvalue weighted by molar-refractivity contribution is 5.95. The molecule has 0 radical (unpaired) electrons. The van der Waals surface area contributed by atoms with E-state index in [1.165, 1.54) is 7.11 Å². The molecule has 0 fully saturated rings. The second kappa shape index (κ2) is 6.61. The first-order chi connectivity index (χ1) is 9.70. The van der Waals surface area contributed by atoms with E-state index in [1.54, 1.807) is 36.7 Å². The van der Waals surface area contributed by atoms with Gasteiger partial charge < -0.3 is 4.74 Å². The molecule has 2 rings (SSSR count). The van der Waals surface area contributed by atoms with Gasteiger partial charge in [0, 0.05) is 24.4 Å². The Hall–Kier alpha value is -2.49. The van der Waals surface area contributed by atoms with E-state index < -0.39 is 0 Å². The first-order valence-electron chi connectivity index (χ1n) is 6.31. The first kappa shape index (κ1) is 13.9. The van der Waals surface area contributed by atoms with Gasteiger partial charge in [-0.05, 0) is 36.2 Å². The van der Waals surface area contributed by atoms with Crippen LogP contribution in [0.2, 0.25) is 0 Å². The summed E-state index contributed by atoms with van der Waals surface area (Å²) in [7, 11) is 1.35. The third-order valence-electron chi connectivity index (χ3n) is 3.00. The Morgan fingerprint density at radius 3 is 2.45 bits per heavy atom. The van der Waals surface area contributed by atoms with E-state index in [0.29, 0.717) is 24.0 Å². The zero-order chi connectivity index (χ0) is 14.4. The van der Waals surface area contributed by atoms with Crippen molar-refractivity contribution in [1.82, 2.24) is 4.98 Å². The number of ketones is 1. The number of pyridine rings is 1. The molecule has 1 heterocycles. The first-order valence-corrected chi connectivity index (χ1v) is 6.31. The molecule has 0 aliphatic heterocycles.